The molecule has 0 aliphatic heterocycles. The molecule has 1 N–H and O–H groups in total. The number of anilines is 1. The highest BCUT2D eigenvalue weighted by Gasteiger charge is 2.20. The summed E-state index contributed by atoms with van der Waals surface area (Å²) < 4.78 is 10.4. The summed E-state index contributed by atoms with van der Waals surface area (Å²) in [5.41, 5.74) is 0.654. The van der Waals surface area contributed by atoms with Crippen molar-refractivity contribution in [2.75, 3.05) is 19.5 Å². The lowest BCUT2D eigenvalue weighted by molar-refractivity contribution is -0.120. The van der Waals surface area contributed by atoms with Gasteiger partial charge in [0.15, 0.2) is 0 Å². The third-order valence-electron chi connectivity index (χ3n) is 3.30. The number of hydrogen-bond acceptors (Lipinski definition) is 3. The number of benzene rings is 1. The smallest absolute Gasteiger partial charge is 0.227 e. The number of ether oxygens (including phenoxy) is 2. The van der Waals surface area contributed by atoms with Gasteiger partial charge in [-0.1, -0.05) is 12.2 Å². The average molecular weight is 261 g/mol. The minimum Gasteiger partial charge on any atom is -0.497 e. The van der Waals surface area contributed by atoms with Gasteiger partial charge in [0.2, 0.25) is 5.91 Å². The van der Waals surface area contributed by atoms with Crippen LogP contribution >= 0.6 is 0 Å². The summed E-state index contributed by atoms with van der Waals surface area (Å²) in [6.45, 7) is 0. The van der Waals surface area contributed by atoms with Crippen molar-refractivity contribution < 1.29 is 14.3 Å². The Morgan fingerprint density at radius 1 is 1.26 bits per heavy atom. The zero-order chi connectivity index (χ0) is 13.7. The van der Waals surface area contributed by atoms with E-state index in [1.54, 1.807) is 32.4 Å². The minimum atomic E-state index is 0.0379. The van der Waals surface area contributed by atoms with Crippen molar-refractivity contribution in [2.24, 2.45) is 5.92 Å². The Labute approximate surface area is 113 Å². The van der Waals surface area contributed by atoms with E-state index < -0.39 is 0 Å². The largest absolute Gasteiger partial charge is 0.497 e. The molecule has 0 unspecified atom stereocenters. The molecule has 0 bridgehead atoms. The van der Waals surface area contributed by atoms with E-state index in [-0.39, 0.29) is 11.8 Å². The Balaban J connectivity index is 2.12. The van der Waals surface area contributed by atoms with Crippen molar-refractivity contribution in [2.45, 2.75) is 19.3 Å². The number of nitrogens with one attached hydrogen (secondary N) is 1. The van der Waals surface area contributed by atoms with Gasteiger partial charge in [0.05, 0.1) is 19.9 Å². The van der Waals surface area contributed by atoms with Gasteiger partial charge in [0.25, 0.3) is 0 Å². The molecule has 0 saturated heterocycles. The number of hydrogen-bond donors (Lipinski definition) is 1. The highest BCUT2D eigenvalue weighted by Crippen LogP contribution is 2.30. The maximum Gasteiger partial charge on any atom is 0.227 e. The van der Waals surface area contributed by atoms with Crippen molar-refractivity contribution in [1.82, 2.24) is 0 Å². The molecule has 2 rings (SSSR count). The molecular weight excluding hydrogens is 242 g/mol. The SMILES string of the molecule is COc1ccc(OC)c(NC(=O)[C@@H]2CC=CCC2)c1. The van der Waals surface area contributed by atoms with Crippen LogP contribution in [-0.2, 0) is 4.79 Å². The van der Waals surface area contributed by atoms with Crippen LogP contribution in [0.2, 0.25) is 0 Å². The molecule has 1 amide bonds. The van der Waals surface area contributed by atoms with Crippen LogP contribution in [-0.4, -0.2) is 20.1 Å². The molecule has 4 heteroatoms. The average Bonchev–Trinajstić information content (AvgIpc) is 2.48. The number of allylic oxidation sites excluding steroid dienone is 2. The summed E-state index contributed by atoms with van der Waals surface area (Å²) in [6.07, 6.45) is 6.85. The van der Waals surface area contributed by atoms with Crippen LogP contribution in [0.25, 0.3) is 0 Å². The highest BCUT2D eigenvalue weighted by atomic mass is 16.5. The Kier molecular flexibility index (Phi) is 4.44. The highest BCUT2D eigenvalue weighted by molar-refractivity contribution is 5.94. The van der Waals surface area contributed by atoms with Crippen molar-refractivity contribution in [3.05, 3.63) is 30.4 Å². The normalized spacial score (nSPS) is 17.9. The lowest BCUT2D eigenvalue weighted by Gasteiger charge is -2.18. The summed E-state index contributed by atoms with van der Waals surface area (Å²) in [6, 6.07) is 5.36. The second-order valence-corrected chi connectivity index (χ2v) is 4.54. The first-order valence-electron chi connectivity index (χ1n) is 6.42. The molecule has 1 aliphatic carbocycles. The molecule has 1 aromatic carbocycles. The van der Waals surface area contributed by atoms with E-state index in [4.69, 9.17) is 9.47 Å². The van der Waals surface area contributed by atoms with E-state index >= 15 is 0 Å². The van der Waals surface area contributed by atoms with E-state index in [9.17, 15) is 4.79 Å². The molecular formula is C15H19NO3. The predicted molar refractivity (Wildman–Crippen MR) is 74.7 cm³/mol. The quantitative estimate of drug-likeness (QED) is 0.847. The van der Waals surface area contributed by atoms with E-state index in [2.05, 4.69) is 17.5 Å². The third kappa shape index (κ3) is 3.28. The number of rotatable bonds is 4. The van der Waals surface area contributed by atoms with Crippen LogP contribution < -0.4 is 14.8 Å². The Morgan fingerprint density at radius 3 is 2.74 bits per heavy atom. The topological polar surface area (TPSA) is 47.6 Å². The number of carbonyl (C=O) groups excluding carboxylic acids is 1. The van der Waals surface area contributed by atoms with Gasteiger partial charge in [0, 0.05) is 12.0 Å². The van der Waals surface area contributed by atoms with Gasteiger partial charge < -0.3 is 14.8 Å². The van der Waals surface area contributed by atoms with Crippen LogP contribution in [0.1, 0.15) is 19.3 Å². The lowest BCUT2D eigenvalue weighted by Crippen LogP contribution is -2.23. The molecule has 19 heavy (non-hydrogen) atoms. The van der Waals surface area contributed by atoms with Gasteiger partial charge in [0.1, 0.15) is 11.5 Å². The monoisotopic (exact) mass is 261 g/mol. The molecule has 0 fully saturated rings. The van der Waals surface area contributed by atoms with E-state index in [1.807, 2.05) is 0 Å². The molecule has 0 heterocycles. The maximum absolute atomic E-state index is 12.2. The molecule has 1 atom stereocenters. The van der Waals surface area contributed by atoms with Crippen molar-refractivity contribution in [3.63, 3.8) is 0 Å². The predicted octanol–water partition coefficient (Wildman–Crippen LogP) is 3.00. The first-order valence-corrected chi connectivity index (χ1v) is 6.42. The molecule has 0 radical (unpaired) electrons. The number of methoxy groups -OCH3 is 2. The van der Waals surface area contributed by atoms with Gasteiger partial charge in [-0.2, -0.15) is 0 Å². The van der Waals surface area contributed by atoms with Crippen molar-refractivity contribution >= 4 is 11.6 Å². The van der Waals surface area contributed by atoms with Gasteiger partial charge >= 0.3 is 0 Å². The maximum atomic E-state index is 12.2. The fourth-order valence-electron chi connectivity index (χ4n) is 2.18. The van der Waals surface area contributed by atoms with Crippen LogP contribution in [0.3, 0.4) is 0 Å². The van der Waals surface area contributed by atoms with Crippen LogP contribution in [0.4, 0.5) is 5.69 Å². The molecule has 1 aliphatic rings. The summed E-state index contributed by atoms with van der Waals surface area (Å²) in [4.78, 5) is 12.2. The molecule has 0 saturated carbocycles. The van der Waals surface area contributed by atoms with Gasteiger partial charge in [-0.25, -0.2) is 0 Å². The van der Waals surface area contributed by atoms with Crippen LogP contribution in [0.5, 0.6) is 11.5 Å². The molecule has 1 aromatic rings. The summed E-state index contributed by atoms with van der Waals surface area (Å²) in [5, 5.41) is 2.93. The Hall–Kier alpha value is -1.97. The summed E-state index contributed by atoms with van der Waals surface area (Å²) in [5.74, 6) is 1.41. The van der Waals surface area contributed by atoms with Gasteiger partial charge in [-0.15, -0.1) is 0 Å². The molecule has 0 aromatic heterocycles. The second-order valence-electron chi connectivity index (χ2n) is 4.54. The zero-order valence-electron chi connectivity index (χ0n) is 11.3. The van der Waals surface area contributed by atoms with E-state index in [0.717, 1.165) is 19.3 Å². The fraction of sp³-hybridized carbons (Fsp3) is 0.400. The van der Waals surface area contributed by atoms with Crippen LogP contribution in [0, 0.1) is 5.92 Å². The summed E-state index contributed by atoms with van der Waals surface area (Å²) in [7, 11) is 3.18. The first kappa shape index (κ1) is 13.5. The lowest BCUT2D eigenvalue weighted by atomic mass is 9.93. The Bertz CT molecular complexity index is 482. The van der Waals surface area contributed by atoms with Gasteiger partial charge in [-0.05, 0) is 31.4 Å². The summed E-state index contributed by atoms with van der Waals surface area (Å²) >= 11 is 0. The van der Waals surface area contributed by atoms with Crippen LogP contribution in [0.15, 0.2) is 30.4 Å². The van der Waals surface area contributed by atoms with Crippen molar-refractivity contribution in [3.8, 4) is 11.5 Å². The minimum absolute atomic E-state index is 0.0379. The Morgan fingerprint density at radius 2 is 2.11 bits per heavy atom. The molecule has 4 nitrogen and oxygen atoms in total. The standard InChI is InChI=1S/C15H19NO3/c1-18-12-8-9-14(19-2)13(10-12)16-15(17)11-6-4-3-5-7-11/h3-4,8-11H,5-7H2,1-2H3,(H,16,17)/t11-/m1/s1. The fourth-order valence-corrected chi connectivity index (χ4v) is 2.18. The first-order chi connectivity index (χ1) is 9.24. The number of amides is 1. The second kappa shape index (κ2) is 6.27. The number of carbonyl (C=O) groups is 1. The zero-order valence-corrected chi connectivity index (χ0v) is 11.3. The van der Waals surface area contributed by atoms with Gasteiger partial charge in [-0.3, -0.25) is 4.79 Å². The molecule has 0 spiro atoms. The van der Waals surface area contributed by atoms with E-state index in [0.29, 0.717) is 17.2 Å². The molecule has 102 valence electrons. The van der Waals surface area contributed by atoms with Crippen molar-refractivity contribution in [1.29, 1.82) is 0 Å². The third-order valence-corrected chi connectivity index (χ3v) is 3.30. The van der Waals surface area contributed by atoms with E-state index in [1.165, 1.54) is 0 Å².